The predicted octanol–water partition coefficient (Wildman–Crippen LogP) is 2.58. The third-order valence-corrected chi connectivity index (χ3v) is 4.26. The first-order valence-corrected chi connectivity index (χ1v) is 6.67. The monoisotopic (exact) mass is 211 g/mol. The number of ether oxygens (including phenoxy) is 1. The van der Waals surface area contributed by atoms with Crippen molar-refractivity contribution < 1.29 is 4.74 Å². The van der Waals surface area contributed by atoms with E-state index in [1.54, 1.807) is 0 Å². The third kappa shape index (κ3) is 2.94. The lowest BCUT2D eigenvalue weighted by atomic mass is 9.76. The van der Waals surface area contributed by atoms with Crippen LogP contribution in [-0.2, 0) is 4.74 Å². The van der Waals surface area contributed by atoms with Crippen molar-refractivity contribution in [1.29, 1.82) is 0 Å². The molecule has 1 unspecified atom stereocenters. The van der Waals surface area contributed by atoms with Gasteiger partial charge in [-0.05, 0) is 44.6 Å². The number of nitrogens with one attached hydrogen (secondary N) is 1. The summed E-state index contributed by atoms with van der Waals surface area (Å²) in [6.45, 7) is 1.96. The van der Waals surface area contributed by atoms with Crippen LogP contribution >= 0.6 is 0 Å². The Hall–Kier alpha value is -0.0800. The number of rotatable bonds is 3. The molecule has 2 aliphatic rings. The van der Waals surface area contributed by atoms with Gasteiger partial charge in [0.15, 0.2) is 0 Å². The van der Waals surface area contributed by atoms with Crippen LogP contribution in [0, 0.1) is 11.8 Å². The maximum Gasteiger partial charge on any atom is 0.0469 e. The summed E-state index contributed by atoms with van der Waals surface area (Å²) in [4.78, 5) is 0. The Morgan fingerprint density at radius 2 is 1.53 bits per heavy atom. The summed E-state index contributed by atoms with van der Waals surface area (Å²) in [6, 6.07) is 0.759. The molecule has 0 aromatic heterocycles. The Bertz CT molecular complexity index is 153. The Balaban J connectivity index is 1.88. The zero-order valence-corrected chi connectivity index (χ0v) is 10.0. The molecule has 1 N–H and O–H groups in total. The number of hydrogen-bond acceptors (Lipinski definition) is 2. The van der Waals surface area contributed by atoms with Gasteiger partial charge in [-0.25, -0.2) is 0 Å². The van der Waals surface area contributed by atoms with Crippen molar-refractivity contribution in [3.05, 3.63) is 0 Å². The maximum absolute atomic E-state index is 5.45. The molecule has 0 spiro atoms. The van der Waals surface area contributed by atoms with Crippen LogP contribution in [0.4, 0.5) is 0 Å². The summed E-state index contributed by atoms with van der Waals surface area (Å²) in [6.07, 6.45) is 9.79. The quantitative estimate of drug-likeness (QED) is 0.774. The smallest absolute Gasteiger partial charge is 0.0469 e. The van der Waals surface area contributed by atoms with Crippen LogP contribution in [0.15, 0.2) is 0 Å². The molecule has 2 rings (SSSR count). The Morgan fingerprint density at radius 3 is 2.13 bits per heavy atom. The normalized spacial score (nSPS) is 27.8. The van der Waals surface area contributed by atoms with Crippen LogP contribution in [0.25, 0.3) is 0 Å². The highest BCUT2D eigenvalue weighted by Gasteiger charge is 2.30. The van der Waals surface area contributed by atoms with E-state index in [4.69, 9.17) is 4.74 Å². The largest absolute Gasteiger partial charge is 0.381 e. The highest BCUT2D eigenvalue weighted by Crippen LogP contribution is 2.32. The lowest BCUT2D eigenvalue weighted by Crippen LogP contribution is -2.43. The maximum atomic E-state index is 5.45. The van der Waals surface area contributed by atoms with Crippen LogP contribution < -0.4 is 5.32 Å². The third-order valence-electron chi connectivity index (χ3n) is 4.26. The molecule has 1 saturated heterocycles. The van der Waals surface area contributed by atoms with Gasteiger partial charge in [0.25, 0.3) is 0 Å². The molecule has 1 heterocycles. The van der Waals surface area contributed by atoms with E-state index in [0.29, 0.717) is 0 Å². The predicted molar refractivity (Wildman–Crippen MR) is 63.0 cm³/mol. The molecule has 2 heteroatoms. The Morgan fingerprint density at radius 1 is 0.933 bits per heavy atom. The van der Waals surface area contributed by atoms with Gasteiger partial charge in [-0.1, -0.05) is 19.3 Å². The molecule has 0 bridgehead atoms. The van der Waals surface area contributed by atoms with Crippen molar-refractivity contribution in [2.75, 3.05) is 20.3 Å². The van der Waals surface area contributed by atoms with Crippen molar-refractivity contribution in [2.24, 2.45) is 11.8 Å². The average molecular weight is 211 g/mol. The van der Waals surface area contributed by atoms with Crippen LogP contribution in [0.5, 0.6) is 0 Å². The van der Waals surface area contributed by atoms with Crippen molar-refractivity contribution in [2.45, 2.75) is 51.0 Å². The summed E-state index contributed by atoms with van der Waals surface area (Å²) >= 11 is 0. The van der Waals surface area contributed by atoms with E-state index in [-0.39, 0.29) is 0 Å². The molecule has 0 amide bonds. The standard InChI is InChI=1S/C13H25NO/c1-14-13(11-5-3-2-4-6-11)12-7-9-15-10-8-12/h11-14H,2-10H2,1H3. The van der Waals surface area contributed by atoms with E-state index >= 15 is 0 Å². The van der Waals surface area contributed by atoms with E-state index in [9.17, 15) is 0 Å². The Kier molecular flexibility index (Phi) is 4.45. The SMILES string of the molecule is CNC(C1CCCCC1)C1CCOCC1. The van der Waals surface area contributed by atoms with E-state index in [2.05, 4.69) is 12.4 Å². The van der Waals surface area contributed by atoms with E-state index in [1.807, 2.05) is 0 Å². The van der Waals surface area contributed by atoms with Crippen LogP contribution in [0.2, 0.25) is 0 Å². The molecular formula is C13H25NO. The second-order valence-corrected chi connectivity index (χ2v) is 5.16. The summed E-state index contributed by atoms with van der Waals surface area (Å²) in [5.41, 5.74) is 0. The molecule has 0 radical (unpaired) electrons. The fourth-order valence-corrected chi connectivity index (χ4v) is 3.42. The molecule has 1 aliphatic heterocycles. The first-order valence-electron chi connectivity index (χ1n) is 6.67. The fraction of sp³-hybridized carbons (Fsp3) is 1.00. The minimum absolute atomic E-state index is 0.759. The van der Waals surface area contributed by atoms with Crippen LogP contribution in [-0.4, -0.2) is 26.3 Å². The second kappa shape index (κ2) is 5.86. The highest BCUT2D eigenvalue weighted by atomic mass is 16.5. The number of hydrogen-bond donors (Lipinski definition) is 1. The van der Waals surface area contributed by atoms with Gasteiger partial charge in [0.1, 0.15) is 0 Å². The van der Waals surface area contributed by atoms with Crippen molar-refractivity contribution in [3.63, 3.8) is 0 Å². The topological polar surface area (TPSA) is 21.3 Å². The lowest BCUT2D eigenvalue weighted by molar-refractivity contribution is 0.0420. The van der Waals surface area contributed by atoms with Gasteiger partial charge < -0.3 is 10.1 Å². The summed E-state index contributed by atoms with van der Waals surface area (Å²) in [7, 11) is 2.15. The minimum atomic E-state index is 0.759. The zero-order chi connectivity index (χ0) is 10.5. The summed E-state index contributed by atoms with van der Waals surface area (Å²) in [5, 5.41) is 3.59. The van der Waals surface area contributed by atoms with Crippen LogP contribution in [0.3, 0.4) is 0 Å². The molecule has 2 fully saturated rings. The molecular weight excluding hydrogens is 186 g/mol. The Labute approximate surface area is 93.8 Å². The lowest BCUT2D eigenvalue weighted by Gasteiger charge is -2.37. The van der Waals surface area contributed by atoms with Gasteiger partial charge in [-0.2, -0.15) is 0 Å². The first kappa shape index (κ1) is 11.4. The first-order chi connectivity index (χ1) is 7.42. The van der Waals surface area contributed by atoms with E-state index in [1.165, 1.54) is 44.9 Å². The molecule has 15 heavy (non-hydrogen) atoms. The van der Waals surface area contributed by atoms with Gasteiger partial charge in [0.05, 0.1) is 0 Å². The highest BCUT2D eigenvalue weighted by molar-refractivity contribution is 4.85. The molecule has 2 nitrogen and oxygen atoms in total. The van der Waals surface area contributed by atoms with Crippen LogP contribution in [0.1, 0.15) is 44.9 Å². The van der Waals surface area contributed by atoms with Crippen molar-refractivity contribution in [1.82, 2.24) is 5.32 Å². The van der Waals surface area contributed by atoms with Gasteiger partial charge in [-0.15, -0.1) is 0 Å². The summed E-state index contributed by atoms with van der Waals surface area (Å²) < 4.78 is 5.45. The molecule has 88 valence electrons. The molecule has 1 atom stereocenters. The van der Waals surface area contributed by atoms with Gasteiger partial charge in [-0.3, -0.25) is 0 Å². The second-order valence-electron chi connectivity index (χ2n) is 5.16. The molecule has 1 saturated carbocycles. The fourth-order valence-electron chi connectivity index (χ4n) is 3.42. The van der Waals surface area contributed by atoms with Crippen molar-refractivity contribution in [3.8, 4) is 0 Å². The minimum Gasteiger partial charge on any atom is -0.381 e. The summed E-state index contributed by atoms with van der Waals surface area (Å²) in [5.74, 6) is 1.80. The molecule has 0 aromatic rings. The van der Waals surface area contributed by atoms with Gasteiger partial charge in [0, 0.05) is 19.3 Å². The van der Waals surface area contributed by atoms with Crippen molar-refractivity contribution >= 4 is 0 Å². The molecule has 1 aliphatic carbocycles. The average Bonchev–Trinajstić information content (AvgIpc) is 2.33. The molecule has 0 aromatic carbocycles. The zero-order valence-electron chi connectivity index (χ0n) is 10.0. The van der Waals surface area contributed by atoms with E-state index in [0.717, 1.165) is 31.1 Å². The van der Waals surface area contributed by atoms with E-state index < -0.39 is 0 Å². The van der Waals surface area contributed by atoms with Gasteiger partial charge >= 0.3 is 0 Å². The van der Waals surface area contributed by atoms with Gasteiger partial charge in [0.2, 0.25) is 0 Å².